The molecular weight excluding hydrogens is 400 g/mol. The maximum atomic E-state index is 12.8. The molecule has 1 amide bonds. The van der Waals surface area contributed by atoms with Crippen molar-refractivity contribution in [1.29, 1.82) is 0 Å². The van der Waals surface area contributed by atoms with Gasteiger partial charge in [0.25, 0.3) is 0 Å². The van der Waals surface area contributed by atoms with Crippen LogP contribution in [0, 0.1) is 11.8 Å². The number of hydrogen-bond acceptors (Lipinski definition) is 4. The van der Waals surface area contributed by atoms with Gasteiger partial charge in [-0.3, -0.25) is 4.79 Å². The molecule has 1 heterocycles. The minimum atomic E-state index is -1.83. The fraction of sp³-hybridized carbons (Fsp3) is 0.952. The topological polar surface area (TPSA) is 78.3 Å². The van der Waals surface area contributed by atoms with Gasteiger partial charge < -0.3 is 9.33 Å². The predicted molar refractivity (Wildman–Crippen MR) is 124 cm³/mol. The molecule has 0 bridgehead atoms. The number of carbonyl (C=O) groups excluding carboxylic acids is 1. The molecule has 1 atom stereocenters. The lowest BCUT2D eigenvalue weighted by Crippen LogP contribution is -2.49. The van der Waals surface area contributed by atoms with Gasteiger partial charge in [0.1, 0.15) is 6.04 Å². The zero-order valence-corrected chi connectivity index (χ0v) is 21.0. The third-order valence-electron chi connectivity index (χ3n) is 7.11. The van der Waals surface area contributed by atoms with Crippen molar-refractivity contribution in [3.05, 3.63) is 10.4 Å². The van der Waals surface area contributed by atoms with Crippen molar-refractivity contribution in [2.45, 2.75) is 89.9 Å². The minimum Gasteiger partial charge on any atom is -0.416 e. The van der Waals surface area contributed by atoms with Gasteiger partial charge in [0.2, 0.25) is 5.91 Å². The lowest BCUT2D eigenvalue weighted by Gasteiger charge is -2.43. The van der Waals surface area contributed by atoms with Crippen LogP contribution in [0.2, 0.25) is 16.6 Å². The van der Waals surface area contributed by atoms with E-state index in [4.69, 9.17) is 9.96 Å². The van der Waals surface area contributed by atoms with Crippen molar-refractivity contribution in [2.75, 3.05) is 24.8 Å². The summed E-state index contributed by atoms with van der Waals surface area (Å²) in [4.78, 5) is 17.7. The van der Waals surface area contributed by atoms with Crippen LogP contribution in [0.5, 0.6) is 0 Å². The Morgan fingerprint density at radius 1 is 1.14 bits per heavy atom. The van der Waals surface area contributed by atoms with Crippen molar-refractivity contribution >= 4 is 26.0 Å². The average molecular weight is 441 g/mol. The van der Waals surface area contributed by atoms with Gasteiger partial charge in [-0.25, -0.2) is 0 Å². The molecular formula is C21H40N4O2SSi. The van der Waals surface area contributed by atoms with Crippen LogP contribution in [-0.2, 0) is 9.22 Å². The molecule has 0 aromatic heterocycles. The molecule has 2 rings (SSSR count). The van der Waals surface area contributed by atoms with Crippen LogP contribution in [0.4, 0.5) is 0 Å². The summed E-state index contributed by atoms with van der Waals surface area (Å²) in [6.45, 7) is 15.6. The summed E-state index contributed by atoms with van der Waals surface area (Å²) < 4.78 is 6.80. The van der Waals surface area contributed by atoms with Gasteiger partial charge in [-0.1, -0.05) is 46.7 Å². The predicted octanol–water partition coefficient (Wildman–Crippen LogP) is 6.20. The molecule has 6 nitrogen and oxygen atoms in total. The second-order valence-electron chi connectivity index (χ2n) is 9.70. The van der Waals surface area contributed by atoms with Crippen molar-refractivity contribution in [2.24, 2.45) is 17.0 Å². The average Bonchev–Trinajstić information content (AvgIpc) is 3.20. The van der Waals surface area contributed by atoms with Crippen LogP contribution in [0.3, 0.4) is 0 Å². The first-order valence-electron chi connectivity index (χ1n) is 11.3. The summed E-state index contributed by atoms with van der Waals surface area (Å²) in [7, 11) is -1.83. The standard InChI is InChI=1S/C21H40N4O2SSi/c1-15(2)29(16(3)4,17(5)6)27-13-18-7-9-19(10-8-18)20(23-24-22)21(26)25-11-12-28-14-25/h15-20H,7-14H2,1-6H3. The monoisotopic (exact) mass is 440 g/mol. The number of thioether (sulfide) groups is 1. The van der Waals surface area contributed by atoms with E-state index in [0.717, 1.165) is 50.5 Å². The van der Waals surface area contributed by atoms with Crippen LogP contribution in [-0.4, -0.2) is 49.9 Å². The molecule has 1 unspecified atom stereocenters. The third kappa shape index (κ3) is 5.72. The Bertz CT molecular complexity index is 559. The Balaban J connectivity index is 1.95. The molecule has 1 aliphatic heterocycles. The molecule has 8 heteroatoms. The van der Waals surface area contributed by atoms with Gasteiger partial charge in [-0.05, 0) is 59.7 Å². The zero-order chi connectivity index (χ0) is 21.6. The zero-order valence-electron chi connectivity index (χ0n) is 19.1. The van der Waals surface area contributed by atoms with Crippen LogP contribution in [0.15, 0.2) is 5.11 Å². The Hall–Kier alpha value is -0.693. The van der Waals surface area contributed by atoms with Crippen molar-refractivity contribution in [3.63, 3.8) is 0 Å². The SMILES string of the molecule is CC(C)[Si](OCC1CCC(C(N=[N+]=[N-])C(=O)N2CCSC2)CC1)(C(C)C)C(C)C. The molecule has 29 heavy (non-hydrogen) atoms. The molecule has 166 valence electrons. The molecule has 2 aliphatic rings. The molecule has 0 N–H and O–H groups in total. The first kappa shape index (κ1) is 24.6. The molecule has 1 saturated heterocycles. The van der Waals surface area contributed by atoms with E-state index in [9.17, 15) is 4.79 Å². The minimum absolute atomic E-state index is 0.0262. The van der Waals surface area contributed by atoms with Gasteiger partial charge in [0.15, 0.2) is 8.32 Å². The van der Waals surface area contributed by atoms with E-state index >= 15 is 0 Å². The molecule has 0 spiro atoms. The highest BCUT2D eigenvalue weighted by atomic mass is 32.2. The summed E-state index contributed by atoms with van der Waals surface area (Å²) in [5, 5.41) is 3.93. The highest BCUT2D eigenvalue weighted by Gasteiger charge is 2.45. The van der Waals surface area contributed by atoms with E-state index in [-0.39, 0.29) is 11.8 Å². The number of rotatable bonds is 9. The number of hydrogen-bond donors (Lipinski definition) is 0. The second kappa shape index (κ2) is 11.1. The highest BCUT2D eigenvalue weighted by molar-refractivity contribution is 7.99. The smallest absolute Gasteiger partial charge is 0.232 e. The summed E-state index contributed by atoms with van der Waals surface area (Å²) in [5.41, 5.74) is 10.8. The van der Waals surface area contributed by atoms with Gasteiger partial charge in [-0.2, -0.15) is 0 Å². The fourth-order valence-electron chi connectivity index (χ4n) is 5.61. The van der Waals surface area contributed by atoms with Crippen LogP contribution >= 0.6 is 11.8 Å². The van der Waals surface area contributed by atoms with Crippen molar-refractivity contribution in [1.82, 2.24) is 4.90 Å². The normalized spacial score (nSPS) is 24.2. The van der Waals surface area contributed by atoms with Crippen LogP contribution in [0.1, 0.15) is 67.2 Å². The van der Waals surface area contributed by atoms with Crippen molar-refractivity contribution in [3.8, 4) is 0 Å². The lowest BCUT2D eigenvalue weighted by molar-refractivity contribution is -0.132. The lowest BCUT2D eigenvalue weighted by atomic mass is 9.78. The largest absolute Gasteiger partial charge is 0.416 e. The molecule has 0 aromatic rings. The van der Waals surface area contributed by atoms with E-state index in [1.165, 1.54) is 0 Å². The number of carbonyl (C=O) groups is 1. The number of amides is 1. The number of azide groups is 1. The number of nitrogens with zero attached hydrogens (tertiary/aromatic N) is 4. The Morgan fingerprint density at radius 2 is 1.72 bits per heavy atom. The second-order valence-corrected chi connectivity index (χ2v) is 16.2. The Kier molecular flexibility index (Phi) is 9.39. The summed E-state index contributed by atoms with van der Waals surface area (Å²) in [6, 6.07) is -0.531. The van der Waals surface area contributed by atoms with Crippen molar-refractivity contribution < 1.29 is 9.22 Å². The van der Waals surface area contributed by atoms with E-state index in [1.54, 1.807) is 11.8 Å². The van der Waals surface area contributed by atoms with E-state index in [0.29, 0.717) is 22.5 Å². The van der Waals surface area contributed by atoms with Gasteiger partial charge in [-0.15, -0.1) is 11.8 Å². The maximum Gasteiger partial charge on any atom is 0.232 e. The first-order chi connectivity index (χ1) is 13.7. The maximum absolute atomic E-state index is 12.8. The van der Waals surface area contributed by atoms with E-state index < -0.39 is 14.4 Å². The molecule has 1 aliphatic carbocycles. The first-order valence-corrected chi connectivity index (χ1v) is 14.6. The molecule has 0 aromatic carbocycles. The van der Waals surface area contributed by atoms with Crippen LogP contribution in [0.25, 0.3) is 10.4 Å². The summed E-state index contributed by atoms with van der Waals surface area (Å²) >= 11 is 1.77. The fourth-order valence-corrected chi connectivity index (χ4v) is 12.1. The van der Waals surface area contributed by atoms with Gasteiger partial charge >= 0.3 is 0 Å². The molecule has 2 fully saturated rings. The molecule has 0 radical (unpaired) electrons. The highest BCUT2D eigenvalue weighted by Crippen LogP contribution is 2.43. The Morgan fingerprint density at radius 3 is 2.17 bits per heavy atom. The van der Waals surface area contributed by atoms with E-state index in [2.05, 4.69) is 51.6 Å². The van der Waals surface area contributed by atoms with E-state index in [1.807, 2.05) is 4.90 Å². The quantitative estimate of drug-likeness (QED) is 0.185. The van der Waals surface area contributed by atoms with Gasteiger partial charge in [0, 0.05) is 23.8 Å². The summed E-state index contributed by atoms with van der Waals surface area (Å²) in [5.74, 6) is 2.46. The summed E-state index contributed by atoms with van der Waals surface area (Å²) in [6.07, 6.45) is 4.01. The van der Waals surface area contributed by atoms with Gasteiger partial charge in [0.05, 0.1) is 5.88 Å². The third-order valence-corrected chi connectivity index (χ3v) is 14.2. The Labute approximate surface area is 182 Å². The van der Waals surface area contributed by atoms with Crippen LogP contribution < -0.4 is 0 Å². The molecule has 1 saturated carbocycles.